The first-order chi connectivity index (χ1) is 8.42. The Kier molecular flexibility index (Phi) is 5.87. The number of hydrogen-bond acceptors (Lipinski definition) is 3. The number of amides is 1. The summed E-state index contributed by atoms with van der Waals surface area (Å²) in [7, 11) is 0. The number of nitrogens with zero attached hydrogens (tertiary/aromatic N) is 1. The summed E-state index contributed by atoms with van der Waals surface area (Å²) in [5.74, 6) is 5.21. The maximum Gasteiger partial charge on any atom is 0.410 e. The van der Waals surface area contributed by atoms with E-state index in [0.29, 0.717) is 5.92 Å². The molecule has 1 aliphatic rings. The van der Waals surface area contributed by atoms with Crippen molar-refractivity contribution in [3.8, 4) is 12.3 Å². The molecule has 0 aromatic carbocycles. The minimum Gasteiger partial charge on any atom is -0.444 e. The first kappa shape index (κ1) is 15.2. The van der Waals surface area contributed by atoms with E-state index < -0.39 is 5.60 Å². The van der Waals surface area contributed by atoms with Gasteiger partial charge in [0.05, 0.1) is 5.75 Å². The second-order valence-electron chi connectivity index (χ2n) is 5.63. The largest absolute Gasteiger partial charge is 0.444 e. The van der Waals surface area contributed by atoms with E-state index in [2.05, 4.69) is 5.92 Å². The summed E-state index contributed by atoms with van der Waals surface area (Å²) in [6.07, 6.45) is 7.15. The van der Waals surface area contributed by atoms with Crippen molar-refractivity contribution in [3.63, 3.8) is 0 Å². The van der Waals surface area contributed by atoms with Gasteiger partial charge in [0.1, 0.15) is 5.60 Å². The lowest BCUT2D eigenvalue weighted by atomic mass is 9.99. The molecule has 1 heterocycles. The highest BCUT2D eigenvalue weighted by atomic mass is 32.2. The third kappa shape index (κ3) is 5.68. The molecule has 0 aromatic rings. The quantitative estimate of drug-likeness (QED) is 0.582. The highest BCUT2D eigenvalue weighted by molar-refractivity contribution is 7.99. The number of carbonyl (C=O) groups excluding carboxylic acids is 1. The fourth-order valence-electron chi connectivity index (χ4n) is 1.89. The van der Waals surface area contributed by atoms with Crippen LogP contribution in [0.1, 0.15) is 33.6 Å². The van der Waals surface area contributed by atoms with Crippen LogP contribution in [0, 0.1) is 18.3 Å². The number of rotatable bonds is 3. The Balaban J connectivity index is 2.27. The highest BCUT2D eigenvalue weighted by Gasteiger charge is 2.26. The number of piperidine rings is 1. The standard InChI is InChI=1S/C14H23NO2S/c1-5-10-18-11-12-6-8-15(9-7-12)13(16)17-14(2,3)4/h1,12H,6-11H2,2-4H3. The zero-order valence-electron chi connectivity index (χ0n) is 11.6. The van der Waals surface area contributed by atoms with Gasteiger partial charge in [-0.2, -0.15) is 0 Å². The summed E-state index contributed by atoms with van der Waals surface area (Å²) < 4.78 is 5.37. The van der Waals surface area contributed by atoms with Crippen LogP contribution < -0.4 is 0 Å². The normalized spacial score (nSPS) is 17.3. The topological polar surface area (TPSA) is 29.5 Å². The minimum absolute atomic E-state index is 0.183. The van der Waals surface area contributed by atoms with Crippen molar-refractivity contribution in [1.29, 1.82) is 0 Å². The Morgan fingerprint density at radius 2 is 2.06 bits per heavy atom. The number of ether oxygens (including phenoxy) is 1. The Bertz CT molecular complexity index is 309. The van der Waals surface area contributed by atoms with Gasteiger partial charge < -0.3 is 9.64 Å². The number of hydrogen-bond donors (Lipinski definition) is 0. The molecular weight excluding hydrogens is 246 g/mol. The number of terminal acetylenes is 1. The first-order valence-corrected chi connectivity index (χ1v) is 7.57. The van der Waals surface area contributed by atoms with Gasteiger partial charge in [0.15, 0.2) is 0 Å². The van der Waals surface area contributed by atoms with Gasteiger partial charge in [-0.05, 0) is 45.3 Å². The molecule has 0 aliphatic carbocycles. The van der Waals surface area contributed by atoms with Crippen molar-refractivity contribution in [2.24, 2.45) is 5.92 Å². The molecule has 1 saturated heterocycles. The maximum absolute atomic E-state index is 11.9. The van der Waals surface area contributed by atoms with E-state index in [-0.39, 0.29) is 6.09 Å². The summed E-state index contributed by atoms with van der Waals surface area (Å²) in [6.45, 7) is 7.29. The summed E-state index contributed by atoms with van der Waals surface area (Å²) in [5.41, 5.74) is -0.406. The molecule has 18 heavy (non-hydrogen) atoms. The molecule has 102 valence electrons. The fraction of sp³-hybridized carbons (Fsp3) is 0.786. The molecule has 3 nitrogen and oxygen atoms in total. The Hall–Kier alpha value is -0.820. The van der Waals surface area contributed by atoms with E-state index in [4.69, 9.17) is 11.2 Å². The minimum atomic E-state index is -0.406. The van der Waals surface area contributed by atoms with Crippen LogP contribution in [0.15, 0.2) is 0 Å². The zero-order valence-corrected chi connectivity index (χ0v) is 12.4. The number of likely N-dealkylation sites (tertiary alicyclic amines) is 1. The summed E-state index contributed by atoms with van der Waals surface area (Å²) in [5, 5.41) is 0. The molecule has 0 radical (unpaired) electrons. The van der Waals surface area contributed by atoms with Crippen molar-refractivity contribution in [2.75, 3.05) is 24.6 Å². The molecule has 1 amide bonds. The molecule has 1 rings (SSSR count). The molecule has 0 N–H and O–H groups in total. The van der Waals surface area contributed by atoms with Crippen LogP contribution in [0.25, 0.3) is 0 Å². The van der Waals surface area contributed by atoms with Crippen LogP contribution in [0.5, 0.6) is 0 Å². The van der Waals surface area contributed by atoms with Gasteiger partial charge in [0.25, 0.3) is 0 Å². The Morgan fingerprint density at radius 3 is 2.56 bits per heavy atom. The van der Waals surface area contributed by atoms with Crippen LogP contribution in [0.4, 0.5) is 4.79 Å². The monoisotopic (exact) mass is 269 g/mol. The zero-order chi connectivity index (χ0) is 13.6. The first-order valence-electron chi connectivity index (χ1n) is 6.41. The fourth-order valence-corrected chi connectivity index (χ4v) is 2.80. The molecular formula is C14H23NO2S. The molecule has 4 heteroatoms. The van der Waals surface area contributed by atoms with Crippen LogP contribution in [-0.2, 0) is 4.74 Å². The van der Waals surface area contributed by atoms with E-state index in [1.54, 1.807) is 0 Å². The average molecular weight is 269 g/mol. The summed E-state index contributed by atoms with van der Waals surface area (Å²) in [4.78, 5) is 13.7. The number of carbonyl (C=O) groups is 1. The van der Waals surface area contributed by atoms with Crippen LogP contribution >= 0.6 is 11.8 Å². The van der Waals surface area contributed by atoms with Gasteiger partial charge in [-0.25, -0.2) is 4.79 Å². The SMILES string of the molecule is C#CCSCC1CCN(C(=O)OC(C)(C)C)CC1. The second-order valence-corrected chi connectivity index (χ2v) is 6.66. The summed E-state index contributed by atoms with van der Waals surface area (Å²) >= 11 is 1.81. The van der Waals surface area contributed by atoms with Gasteiger partial charge in [0, 0.05) is 13.1 Å². The van der Waals surface area contributed by atoms with Gasteiger partial charge >= 0.3 is 6.09 Å². The molecule has 0 unspecified atom stereocenters. The van der Waals surface area contributed by atoms with Crippen LogP contribution in [0.3, 0.4) is 0 Å². The molecule has 1 fully saturated rings. The predicted molar refractivity (Wildman–Crippen MR) is 76.7 cm³/mol. The lowest BCUT2D eigenvalue weighted by molar-refractivity contribution is 0.0191. The van der Waals surface area contributed by atoms with Gasteiger partial charge in [0.2, 0.25) is 0 Å². The molecule has 0 atom stereocenters. The van der Waals surface area contributed by atoms with Crippen LogP contribution in [0.2, 0.25) is 0 Å². The lowest BCUT2D eigenvalue weighted by Gasteiger charge is -2.33. The van der Waals surface area contributed by atoms with E-state index in [9.17, 15) is 4.79 Å². The summed E-state index contributed by atoms with van der Waals surface area (Å²) in [6, 6.07) is 0. The molecule has 0 aromatic heterocycles. The van der Waals surface area contributed by atoms with Gasteiger partial charge in [-0.3, -0.25) is 0 Å². The van der Waals surface area contributed by atoms with E-state index >= 15 is 0 Å². The third-order valence-corrected chi connectivity index (χ3v) is 3.88. The van der Waals surface area contributed by atoms with Crippen molar-refractivity contribution in [2.45, 2.75) is 39.2 Å². The van der Waals surface area contributed by atoms with Crippen molar-refractivity contribution in [1.82, 2.24) is 4.90 Å². The molecule has 1 aliphatic heterocycles. The maximum atomic E-state index is 11.9. The second kappa shape index (κ2) is 6.94. The van der Waals surface area contributed by atoms with Crippen molar-refractivity contribution < 1.29 is 9.53 Å². The average Bonchev–Trinajstić information content (AvgIpc) is 2.28. The van der Waals surface area contributed by atoms with E-state index in [1.807, 2.05) is 37.4 Å². The highest BCUT2D eigenvalue weighted by Crippen LogP contribution is 2.22. The lowest BCUT2D eigenvalue weighted by Crippen LogP contribution is -2.42. The van der Waals surface area contributed by atoms with E-state index in [0.717, 1.165) is 37.4 Å². The van der Waals surface area contributed by atoms with Gasteiger partial charge in [-0.15, -0.1) is 18.2 Å². The van der Waals surface area contributed by atoms with Gasteiger partial charge in [-0.1, -0.05) is 5.92 Å². The third-order valence-electron chi connectivity index (χ3n) is 2.81. The van der Waals surface area contributed by atoms with Crippen molar-refractivity contribution in [3.05, 3.63) is 0 Å². The number of thioether (sulfide) groups is 1. The smallest absolute Gasteiger partial charge is 0.410 e. The molecule has 0 spiro atoms. The molecule has 0 bridgehead atoms. The Morgan fingerprint density at radius 1 is 1.44 bits per heavy atom. The Labute approximate surface area is 115 Å². The predicted octanol–water partition coefficient (Wildman–Crippen LogP) is 3.00. The van der Waals surface area contributed by atoms with Crippen molar-refractivity contribution >= 4 is 17.9 Å². The van der Waals surface area contributed by atoms with E-state index in [1.165, 1.54) is 0 Å². The molecule has 0 saturated carbocycles. The van der Waals surface area contributed by atoms with Crippen LogP contribution in [-0.4, -0.2) is 41.2 Å².